The normalized spacial score (nSPS) is 23.9. The maximum atomic E-state index is 11.6. The van der Waals surface area contributed by atoms with E-state index >= 15 is 0 Å². The van der Waals surface area contributed by atoms with E-state index in [4.69, 9.17) is 4.99 Å². The van der Waals surface area contributed by atoms with Gasteiger partial charge in [0.05, 0.1) is 6.54 Å². The van der Waals surface area contributed by atoms with Gasteiger partial charge in [-0.15, -0.1) is 24.0 Å². The molecule has 1 saturated carbocycles. The van der Waals surface area contributed by atoms with E-state index in [2.05, 4.69) is 33.8 Å². The summed E-state index contributed by atoms with van der Waals surface area (Å²) in [6, 6.07) is 0. The van der Waals surface area contributed by atoms with Crippen molar-refractivity contribution in [1.29, 1.82) is 0 Å². The van der Waals surface area contributed by atoms with Gasteiger partial charge in [-0.05, 0) is 19.8 Å². The van der Waals surface area contributed by atoms with Crippen molar-refractivity contribution in [3.63, 3.8) is 0 Å². The van der Waals surface area contributed by atoms with Crippen molar-refractivity contribution in [1.82, 2.24) is 20.0 Å². The fraction of sp³-hybridized carbons (Fsp3) is 0.895. The molecule has 2 heterocycles. The predicted molar refractivity (Wildman–Crippen MR) is 125 cm³/mol. The number of carbonyl (C=O) groups excluding carboxylic acids is 1. The molecule has 2 aliphatic heterocycles. The first kappa shape index (κ1) is 23.1. The molecule has 3 rings (SSSR count). The van der Waals surface area contributed by atoms with Gasteiger partial charge in [-0.2, -0.15) is 11.8 Å². The summed E-state index contributed by atoms with van der Waals surface area (Å²) in [6.07, 6.45) is 5.26. The van der Waals surface area contributed by atoms with Crippen molar-refractivity contribution in [2.24, 2.45) is 4.99 Å². The molecule has 8 heteroatoms. The van der Waals surface area contributed by atoms with Crippen LogP contribution in [0.2, 0.25) is 0 Å². The molecule has 0 bridgehead atoms. The highest BCUT2D eigenvalue weighted by molar-refractivity contribution is 14.0. The molecule has 3 fully saturated rings. The van der Waals surface area contributed by atoms with Crippen LogP contribution in [0.25, 0.3) is 0 Å². The summed E-state index contributed by atoms with van der Waals surface area (Å²) in [4.78, 5) is 23.7. The van der Waals surface area contributed by atoms with Crippen LogP contribution in [0.5, 0.6) is 0 Å². The Bertz CT molecular complexity index is 498. The second-order valence-corrected chi connectivity index (χ2v) is 8.92. The lowest BCUT2D eigenvalue weighted by atomic mass is 9.95. The number of carbonyl (C=O) groups is 1. The van der Waals surface area contributed by atoms with E-state index in [9.17, 15) is 4.79 Å². The molecule has 0 aromatic heterocycles. The molecule has 0 aromatic rings. The van der Waals surface area contributed by atoms with Crippen molar-refractivity contribution >= 4 is 47.6 Å². The van der Waals surface area contributed by atoms with Crippen LogP contribution in [-0.4, -0.2) is 96.0 Å². The molecular weight excluding hydrogens is 473 g/mol. The van der Waals surface area contributed by atoms with Crippen LogP contribution in [0.4, 0.5) is 0 Å². The van der Waals surface area contributed by atoms with E-state index in [-0.39, 0.29) is 35.4 Å². The standard InChI is InChI=1S/C19H35N5OS.HI/c1-3-20-18(23-10-8-22(9-11-23)17(2)25)21-16-19(6-4-5-7-19)24-12-14-26-15-13-24;/h3-16H2,1-2H3,(H,20,21);1H. The molecule has 0 spiro atoms. The summed E-state index contributed by atoms with van der Waals surface area (Å²) in [5.74, 6) is 3.74. The molecule has 0 unspecified atom stereocenters. The van der Waals surface area contributed by atoms with Crippen molar-refractivity contribution in [2.75, 3.05) is 63.9 Å². The Morgan fingerprint density at radius 2 is 1.63 bits per heavy atom. The second kappa shape index (κ2) is 11.1. The summed E-state index contributed by atoms with van der Waals surface area (Å²) in [5.41, 5.74) is 0.281. The number of amides is 1. The molecule has 27 heavy (non-hydrogen) atoms. The van der Waals surface area contributed by atoms with Crippen LogP contribution in [0.1, 0.15) is 39.5 Å². The van der Waals surface area contributed by atoms with Gasteiger partial charge in [0.1, 0.15) is 0 Å². The Kier molecular flexibility index (Phi) is 9.47. The minimum Gasteiger partial charge on any atom is -0.357 e. The molecular formula is C19H36IN5OS. The molecule has 1 amide bonds. The number of piperazine rings is 1. The second-order valence-electron chi connectivity index (χ2n) is 7.69. The average molecular weight is 510 g/mol. The molecule has 0 aromatic carbocycles. The van der Waals surface area contributed by atoms with Crippen LogP contribution in [0.3, 0.4) is 0 Å². The first-order valence-corrected chi connectivity index (χ1v) is 11.4. The zero-order valence-corrected chi connectivity index (χ0v) is 20.1. The molecule has 0 radical (unpaired) electrons. The van der Waals surface area contributed by atoms with E-state index in [1.165, 1.54) is 50.3 Å². The summed E-state index contributed by atoms with van der Waals surface area (Å²) in [7, 11) is 0. The lowest BCUT2D eigenvalue weighted by Gasteiger charge is -2.43. The van der Waals surface area contributed by atoms with E-state index in [0.717, 1.165) is 45.2 Å². The van der Waals surface area contributed by atoms with E-state index in [1.807, 2.05) is 4.90 Å². The fourth-order valence-corrected chi connectivity index (χ4v) is 5.43. The summed E-state index contributed by atoms with van der Waals surface area (Å²) in [6.45, 7) is 11.4. The Morgan fingerprint density at radius 1 is 1.04 bits per heavy atom. The third-order valence-corrected chi connectivity index (χ3v) is 7.04. The van der Waals surface area contributed by atoms with Crippen molar-refractivity contribution < 1.29 is 4.79 Å². The van der Waals surface area contributed by atoms with E-state index < -0.39 is 0 Å². The van der Waals surface area contributed by atoms with Gasteiger partial charge in [-0.25, -0.2) is 0 Å². The van der Waals surface area contributed by atoms with Gasteiger partial charge in [0.15, 0.2) is 5.96 Å². The Morgan fingerprint density at radius 3 is 2.19 bits per heavy atom. The van der Waals surface area contributed by atoms with Crippen LogP contribution in [-0.2, 0) is 4.79 Å². The highest BCUT2D eigenvalue weighted by Crippen LogP contribution is 2.37. The minimum atomic E-state index is 0. The zero-order chi connectivity index (χ0) is 18.4. The fourth-order valence-electron chi connectivity index (χ4n) is 4.53. The first-order valence-electron chi connectivity index (χ1n) is 10.3. The number of hydrogen-bond donors (Lipinski definition) is 1. The van der Waals surface area contributed by atoms with E-state index in [0.29, 0.717) is 0 Å². The number of halogens is 1. The Balaban J connectivity index is 0.00000261. The lowest BCUT2D eigenvalue weighted by Crippen LogP contribution is -2.55. The molecule has 3 aliphatic rings. The molecule has 156 valence electrons. The maximum Gasteiger partial charge on any atom is 0.219 e. The zero-order valence-electron chi connectivity index (χ0n) is 16.9. The number of nitrogens with zero attached hydrogens (tertiary/aromatic N) is 4. The Hall–Kier alpha value is -0.220. The third-order valence-electron chi connectivity index (χ3n) is 6.10. The Labute approximate surface area is 185 Å². The smallest absolute Gasteiger partial charge is 0.219 e. The summed E-state index contributed by atoms with van der Waals surface area (Å²) in [5, 5.41) is 3.49. The quantitative estimate of drug-likeness (QED) is 0.358. The van der Waals surface area contributed by atoms with Gasteiger partial charge in [-0.1, -0.05) is 12.8 Å². The lowest BCUT2D eigenvalue weighted by molar-refractivity contribution is -0.130. The van der Waals surface area contributed by atoms with Gasteiger partial charge in [-0.3, -0.25) is 14.7 Å². The van der Waals surface area contributed by atoms with Gasteiger partial charge in [0.25, 0.3) is 0 Å². The third kappa shape index (κ3) is 5.88. The van der Waals surface area contributed by atoms with Gasteiger partial charge < -0.3 is 15.1 Å². The maximum absolute atomic E-state index is 11.6. The average Bonchev–Trinajstić information content (AvgIpc) is 3.16. The van der Waals surface area contributed by atoms with Gasteiger partial charge in [0, 0.05) is 69.8 Å². The number of nitrogens with one attached hydrogen (secondary N) is 1. The number of hydrogen-bond acceptors (Lipinski definition) is 4. The van der Waals surface area contributed by atoms with Crippen LogP contribution >= 0.6 is 35.7 Å². The van der Waals surface area contributed by atoms with Gasteiger partial charge >= 0.3 is 0 Å². The highest BCUT2D eigenvalue weighted by atomic mass is 127. The van der Waals surface area contributed by atoms with Crippen LogP contribution in [0.15, 0.2) is 4.99 Å². The molecule has 0 atom stereocenters. The van der Waals surface area contributed by atoms with Crippen LogP contribution in [0, 0.1) is 0 Å². The number of aliphatic imine (C=N–C) groups is 1. The monoisotopic (exact) mass is 509 g/mol. The largest absolute Gasteiger partial charge is 0.357 e. The van der Waals surface area contributed by atoms with Crippen molar-refractivity contribution in [3.05, 3.63) is 0 Å². The van der Waals surface area contributed by atoms with E-state index in [1.54, 1.807) is 6.92 Å². The molecule has 1 aliphatic carbocycles. The number of rotatable bonds is 4. The number of thioether (sulfide) groups is 1. The minimum absolute atomic E-state index is 0. The first-order chi connectivity index (χ1) is 12.6. The molecule has 2 saturated heterocycles. The topological polar surface area (TPSA) is 51.2 Å². The van der Waals surface area contributed by atoms with Crippen molar-refractivity contribution in [3.8, 4) is 0 Å². The summed E-state index contributed by atoms with van der Waals surface area (Å²) < 4.78 is 0. The molecule has 1 N–H and O–H groups in total. The SMILES string of the molecule is CCNC(=NCC1(N2CCSCC2)CCCC1)N1CCN(C(C)=O)CC1.I. The predicted octanol–water partition coefficient (Wildman–Crippen LogP) is 2.10. The van der Waals surface area contributed by atoms with Crippen LogP contribution < -0.4 is 5.32 Å². The highest BCUT2D eigenvalue weighted by Gasteiger charge is 2.40. The van der Waals surface area contributed by atoms with Gasteiger partial charge in [0.2, 0.25) is 5.91 Å². The summed E-state index contributed by atoms with van der Waals surface area (Å²) >= 11 is 2.08. The molecule has 6 nitrogen and oxygen atoms in total. The van der Waals surface area contributed by atoms with Crippen molar-refractivity contribution in [2.45, 2.75) is 45.1 Å². The number of guanidine groups is 1.